The molecular weight excluding hydrogens is 320 g/mol. The summed E-state index contributed by atoms with van der Waals surface area (Å²) in [7, 11) is 0. The van der Waals surface area contributed by atoms with Crippen molar-refractivity contribution in [2.75, 3.05) is 11.9 Å². The van der Waals surface area contributed by atoms with Crippen molar-refractivity contribution in [3.63, 3.8) is 0 Å². The summed E-state index contributed by atoms with van der Waals surface area (Å²) in [5.41, 5.74) is 5.31. The van der Waals surface area contributed by atoms with Crippen LogP contribution in [0.2, 0.25) is 0 Å². The predicted molar refractivity (Wildman–Crippen MR) is 107 cm³/mol. The summed E-state index contributed by atoms with van der Waals surface area (Å²) < 4.78 is 0. The second-order valence-corrected chi connectivity index (χ2v) is 6.67. The third kappa shape index (κ3) is 3.68. The molecule has 0 bridgehead atoms. The highest BCUT2D eigenvalue weighted by molar-refractivity contribution is 5.96. The van der Waals surface area contributed by atoms with Crippen LogP contribution in [0.15, 0.2) is 78.9 Å². The Morgan fingerprint density at radius 1 is 0.808 bits per heavy atom. The van der Waals surface area contributed by atoms with E-state index in [1.165, 1.54) is 0 Å². The van der Waals surface area contributed by atoms with Crippen LogP contribution < -0.4 is 10.6 Å². The van der Waals surface area contributed by atoms with E-state index in [9.17, 15) is 4.79 Å². The normalized spacial score (nSPS) is 16.4. The van der Waals surface area contributed by atoms with Crippen molar-refractivity contribution in [1.29, 1.82) is 0 Å². The maximum Gasteiger partial charge on any atom is 0.241 e. The maximum atomic E-state index is 12.5. The van der Waals surface area contributed by atoms with Crippen molar-refractivity contribution in [3.8, 4) is 22.3 Å². The largest absolute Gasteiger partial charge is 0.325 e. The Labute approximate surface area is 154 Å². The minimum absolute atomic E-state index is 0.0479. The Hall–Kier alpha value is -2.91. The van der Waals surface area contributed by atoms with Crippen molar-refractivity contribution >= 4 is 11.6 Å². The van der Waals surface area contributed by atoms with Crippen molar-refractivity contribution in [2.24, 2.45) is 0 Å². The molecule has 1 atom stereocenters. The number of hydrogen-bond donors (Lipinski definition) is 2. The molecule has 1 aliphatic heterocycles. The van der Waals surface area contributed by atoms with E-state index in [2.05, 4.69) is 53.1 Å². The van der Waals surface area contributed by atoms with Gasteiger partial charge in [-0.2, -0.15) is 0 Å². The van der Waals surface area contributed by atoms with Crippen LogP contribution >= 0.6 is 0 Å². The van der Waals surface area contributed by atoms with Crippen LogP contribution in [-0.2, 0) is 4.79 Å². The van der Waals surface area contributed by atoms with E-state index in [1.54, 1.807) is 0 Å². The van der Waals surface area contributed by atoms with Gasteiger partial charge in [-0.05, 0) is 59.8 Å². The minimum atomic E-state index is -0.0874. The lowest BCUT2D eigenvalue weighted by molar-refractivity contribution is -0.117. The Bertz CT molecular complexity index is 827. The molecule has 3 aromatic carbocycles. The fraction of sp³-hybridized carbons (Fsp3) is 0.174. The van der Waals surface area contributed by atoms with Gasteiger partial charge < -0.3 is 10.6 Å². The molecule has 3 nitrogen and oxygen atoms in total. The Morgan fingerprint density at radius 3 is 1.88 bits per heavy atom. The first-order valence-electron chi connectivity index (χ1n) is 9.10. The van der Waals surface area contributed by atoms with Gasteiger partial charge in [0.25, 0.3) is 0 Å². The molecule has 1 heterocycles. The highest BCUT2D eigenvalue weighted by Crippen LogP contribution is 2.30. The highest BCUT2D eigenvalue weighted by Gasteiger charge is 2.22. The number of carbonyl (C=O) groups excluding carboxylic acids is 1. The molecular formula is C23H22N2O. The second kappa shape index (κ2) is 7.54. The predicted octanol–water partition coefficient (Wildman–Crippen LogP) is 4.71. The van der Waals surface area contributed by atoms with Crippen LogP contribution in [0.1, 0.15) is 12.8 Å². The first kappa shape index (κ1) is 16.6. The van der Waals surface area contributed by atoms with Crippen LogP contribution in [0.4, 0.5) is 5.69 Å². The van der Waals surface area contributed by atoms with Gasteiger partial charge in [-0.15, -0.1) is 0 Å². The van der Waals surface area contributed by atoms with Crippen LogP contribution in [0.3, 0.4) is 0 Å². The molecule has 1 aliphatic rings. The summed E-state index contributed by atoms with van der Waals surface area (Å²) in [6.45, 7) is 0.914. The number of carbonyl (C=O) groups is 1. The van der Waals surface area contributed by atoms with E-state index in [0.29, 0.717) is 0 Å². The summed E-state index contributed by atoms with van der Waals surface area (Å²) in [4.78, 5) is 12.5. The summed E-state index contributed by atoms with van der Waals surface area (Å²) >= 11 is 0. The number of anilines is 1. The molecule has 4 rings (SSSR count). The van der Waals surface area contributed by atoms with E-state index in [4.69, 9.17) is 0 Å². The van der Waals surface area contributed by atoms with E-state index >= 15 is 0 Å². The molecule has 0 aromatic heterocycles. The lowest BCUT2D eigenvalue weighted by atomic mass is 9.98. The number of amides is 1. The van der Waals surface area contributed by atoms with E-state index < -0.39 is 0 Å². The monoisotopic (exact) mass is 342 g/mol. The number of nitrogens with one attached hydrogen (secondary N) is 2. The minimum Gasteiger partial charge on any atom is -0.325 e. The molecule has 130 valence electrons. The first-order chi connectivity index (χ1) is 12.8. The molecule has 2 N–H and O–H groups in total. The first-order valence-corrected chi connectivity index (χ1v) is 9.10. The van der Waals surface area contributed by atoms with Gasteiger partial charge in [0.1, 0.15) is 0 Å². The molecule has 1 amide bonds. The van der Waals surface area contributed by atoms with Gasteiger partial charge in [0, 0.05) is 5.69 Å². The molecule has 0 saturated carbocycles. The lowest BCUT2D eigenvalue weighted by Crippen LogP contribution is -2.35. The molecule has 1 unspecified atom stereocenters. The molecule has 3 aromatic rings. The van der Waals surface area contributed by atoms with E-state index in [1.807, 2.05) is 36.4 Å². The van der Waals surface area contributed by atoms with Gasteiger partial charge in [0.15, 0.2) is 0 Å². The molecule has 0 radical (unpaired) electrons. The third-order valence-electron chi connectivity index (χ3n) is 4.79. The topological polar surface area (TPSA) is 41.1 Å². The summed E-state index contributed by atoms with van der Waals surface area (Å²) in [5.74, 6) is 0.0479. The van der Waals surface area contributed by atoms with Gasteiger partial charge in [0.2, 0.25) is 5.91 Å². The second-order valence-electron chi connectivity index (χ2n) is 6.67. The smallest absolute Gasteiger partial charge is 0.241 e. The lowest BCUT2D eigenvalue weighted by Gasteiger charge is -2.14. The van der Waals surface area contributed by atoms with Gasteiger partial charge in [-0.1, -0.05) is 60.7 Å². The average molecular weight is 342 g/mol. The maximum absolute atomic E-state index is 12.5. The Balaban J connectivity index is 1.71. The van der Waals surface area contributed by atoms with Crippen LogP contribution in [0.25, 0.3) is 22.3 Å². The van der Waals surface area contributed by atoms with Gasteiger partial charge in [-0.25, -0.2) is 0 Å². The van der Waals surface area contributed by atoms with Gasteiger partial charge in [-0.3, -0.25) is 4.79 Å². The van der Waals surface area contributed by atoms with Crippen LogP contribution in [0, 0.1) is 0 Å². The fourth-order valence-electron chi connectivity index (χ4n) is 3.43. The number of rotatable bonds is 4. The molecule has 0 spiro atoms. The summed E-state index contributed by atoms with van der Waals surface area (Å²) in [6, 6.07) is 26.7. The SMILES string of the molecule is O=C(Nc1cc(-c2ccccc2)cc(-c2ccccc2)c1)C1CCCN1. The fourth-order valence-corrected chi connectivity index (χ4v) is 3.43. The Kier molecular flexibility index (Phi) is 4.80. The molecule has 1 saturated heterocycles. The average Bonchev–Trinajstić information content (AvgIpc) is 3.24. The van der Waals surface area contributed by atoms with Crippen molar-refractivity contribution in [1.82, 2.24) is 5.32 Å². The van der Waals surface area contributed by atoms with E-state index in [0.717, 1.165) is 47.3 Å². The molecule has 0 aliphatic carbocycles. The van der Waals surface area contributed by atoms with Crippen molar-refractivity contribution in [3.05, 3.63) is 78.9 Å². The van der Waals surface area contributed by atoms with Crippen molar-refractivity contribution < 1.29 is 4.79 Å². The molecule has 26 heavy (non-hydrogen) atoms. The molecule has 3 heteroatoms. The number of benzene rings is 3. The highest BCUT2D eigenvalue weighted by atomic mass is 16.2. The zero-order valence-electron chi connectivity index (χ0n) is 14.6. The zero-order chi connectivity index (χ0) is 17.8. The van der Waals surface area contributed by atoms with E-state index in [-0.39, 0.29) is 11.9 Å². The summed E-state index contributed by atoms with van der Waals surface area (Å²) in [6.07, 6.45) is 1.95. The third-order valence-corrected chi connectivity index (χ3v) is 4.79. The zero-order valence-corrected chi connectivity index (χ0v) is 14.6. The Morgan fingerprint density at radius 2 is 1.38 bits per heavy atom. The van der Waals surface area contributed by atoms with Crippen LogP contribution in [-0.4, -0.2) is 18.5 Å². The number of hydrogen-bond acceptors (Lipinski definition) is 2. The van der Waals surface area contributed by atoms with Crippen LogP contribution in [0.5, 0.6) is 0 Å². The summed E-state index contributed by atoms with van der Waals surface area (Å²) in [5, 5.41) is 6.36. The standard InChI is InChI=1S/C23H22N2O/c26-23(22-12-7-13-24-22)25-21-15-19(17-8-3-1-4-9-17)14-20(16-21)18-10-5-2-6-11-18/h1-6,8-11,14-16,22,24H,7,12-13H2,(H,25,26). The quantitative estimate of drug-likeness (QED) is 0.721. The van der Waals surface area contributed by atoms with Crippen molar-refractivity contribution in [2.45, 2.75) is 18.9 Å². The van der Waals surface area contributed by atoms with Gasteiger partial charge >= 0.3 is 0 Å². The van der Waals surface area contributed by atoms with Gasteiger partial charge in [0.05, 0.1) is 6.04 Å². The molecule has 1 fully saturated rings.